The van der Waals surface area contributed by atoms with E-state index in [4.69, 9.17) is 5.84 Å². The molecule has 1 aliphatic heterocycles. The number of hydrogen-bond donors (Lipinski definition) is 2. The van der Waals surface area contributed by atoms with Crippen molar-refractivity contribution in [3.63, 3.8) is 0 Å². The predicted octanol–water partition coefficient (Wildman–Crippen LogP) is 1.29. The molecule has 3 amide bonds. The van der Waals surface area contributed by atoms with Gasteiger partial charge in [-0.2, -0.15) is 0 Å². The van der Waals surface area contributed by atoms with Gasteiger partial charge in [-0.3, -0.25) is 15.1 Å². The Morgan fingerprint density at radius 2 is 1.69 bits per heavy atom. The third kappa shape index (κ3) is 4.90. The Balaban J connectivity index is 1.87. The predicted molar refractivity (Wildman–Crippen MR) is 106 cm³/mol. The van der Waals surface area contributed by atoms with Gasteiger partial charge in [-0.15, -0.1) is 0 Å². The Hall–Kier alpha value is -2.98. The second-order valence-corrected chi connectivity index (χ2v) is 8.93. The molecule has 0 aliphatic carbocycles. The SMILES string of the molecule is NNC(=O)c1ccc(CN(C(=O)N2CCS(=O)(=O)CC2)c2ccccc2F)cc1. The molecule has 0 atom stereocenters. The third-order valence-corrected chi connectivity index (χ3v) is 6.29. The normalized spacial score (nSPS) is 15.6. The molecule has 1 aliphatic rings. The molecule has 2 aromatic carbocycles. The maximum Gasteiger partial charge on any atom is 0.324 e. The van der Waals surface area contributed by atoms with E-state index in [0.717, 1.165) is 0 Å². The smallest absolute Gasteiger partial charge is 0.322 e. The van der Waals surface area contributed by atoms with Crippen LogP contribution in [0.4, 0.5) is 14.9 Å². The van der Waals surface area contributed by atoms with Gasteiger partial charge in [-0.25, -0.2) is 23.4 Å². The fourth-order valence-electron chi connectivity index (χ4n) is 3.03. The molecule has 0 unspecified atom stereocenters. The van der Waals surface area contributed by atoms with Crippen molar-refractivity contribution >= 4 is 27.5 Å². The molecule has 8 nitrogen and oxygen atoms in total. The van der Waals surface area contributed by atoms with Crippen LogP contribution in [0.1, 0.15) is 15.9 Å². The quantitative estimate of drug-likeness (QED) is 0.440. The number of halogens is 1. The van der Waals surface area contributed by atoms with Crippen molar-refractivity contribution in [3.8, 4) is 0 Å². The van der Waals surface area contributed by atoms with E-state index in [9.17, 15) is 22.4 Å². The van der Waals surface area contributed by atoms with Crippen molar-refractivity contribution in [2.24, 2.45) is 5.84 Å². The third-order valence-electron chi connectivity index (χ3n) is 4.68. The number of nitrogens with zero attached hydrogens (tertiary/aromatic N) is 2. The number of nitrogens with two attached hydrogens (primary N) is 1. The van der Waals surface area contributed by atoms with E-state index in [1.54, 1.807) is 30.3 Å². The second-order valence-electron chi connectivity index (χ2n) is 6.63. The summed E-state index contributed by atoms with van der Waals surface area (Å²) in [7, 11) is -3.16. The average molecular weight is 420 g/mol. The lowest BCUT2D eigenvalue weighted by Gasteiger charge is -2.33. The first kappa shape index (κ1) is 20.7. The number of benzene rings is 2. The highest BCUT2D eigenvalue weighted by Gasteiger charge is 2.30. The Bertz CT molecular complexity index is 997. The molecule has 1 fully saturated rings. The van der Waals surface area contributed by atoms with E-state index in [1.807, 2.05) is 5.43 Å². The summed E-state index contributed by atoms with van der Waals surface area (Å²) in [5, 5.41) is 0. The molecule has 1 heterocycles. The van der Waals surface area contributed by atoms with Gasteiger partial charge < -0.3 is 4.90 Å². The number of carbonyl (C=O) groups is 2. The summed E-state index contributed by atoms with van der Waals surface area (Å²) in [6.07, 6.45) is 0. The largest absolute Gasteiger partial charge is 0.324 e. The highest BCUT2D eigenvalue weighted by atomic mass is 32.2. The Kier molecular flexibility index (Phi) is 6.14. The van der Waals surface area contributed by atoms with Gasteiger partial charge >= 0.3 is 6.03 Å². The number of amides is 3. The molecule has 154 valence electrons. The van der Waals surface area contributed by atoms with E-state index in [2.05, 4.69) is 0 Å². The van der Waals surface area contributed by atoms with Crippen molar-refractivity contribution in [2.45, 2.75) is 6.54 Å². The van der Waals surface area contributed by atoms with Crippen LogP contribution in [0.3, 0.4) is 0 Å². The number of carbonyl (C=O) groups excluding carboxylic acids is 2. The van der Waals surface area contributed by atoms with E-state index in [0.29, 0.717) is 11.1 Å². The summed E-state index contributed by atoms with van der Waals surface area (Å²) >= 11 is 0. The van der Waals surface area contributed by atoms with Gasteiger partial charge in [0.2, 0.25) is 0 Å². The summed E-state index contributed by atoms with van der Waals surface area (Å²) < 4.78 is 37.8. The van der Waals surface area contributed by atoms with Crippen molar-refractivity contribution in [1.82, 2.24) is 10.3 Å². The molecule has 0 radical (unpaired) electrons. The van der Waals surface area contributed by atoms with Crippen molar-refractivity contribution in [3.05, 3.63) is 65.5 Å². The number of anilines is 1. The van der Waals surface area contributed by atoms with Gasteiger partial charge in [-0.1, -0.05) is 24.3 Å². The molecule has 0 saturated carbocycles. The van der Waals surface area contributed by atoms with Crippen LogP contribution in [0.5, 0.6) is 0 Å². The second kappa shape index (κ2) is 8.58. The first-order chi connectivity index (χ1) is 13.8. The highest BCUT2D eigenvalue weighted by molar-refractivity contribution is 7.91. The summed E-state index contributed by atoms with van der Waals surface area (Å²) in [6, 6.07) is 11.8. The minimum Gasteiger partial charge on any atom is -0.322 e. The van der Waals surface area contributed by atoms with Gasteiger partial charge in [0.1, 0.15) is 5.82 Å². The fraction of sp³-hybridized carbons (Fsp3) is 0.263. The summed E-state index contributed by atoms with van der Waals surface area (Å²) in [6.45, 7) is 0.164. The molecule has 0 spiro atoms. The van der Waals surface area contributed by atoms with Crippen LogP contribution >= 0.6 is 0 Å². The van der Waals surface area contributed by atoms with E-state index < -0.39 is 27.6 Å². The molecular formula is C19H21FN4O4S. The Labute approximate surface area is 168 Å². The Morgan fingerprint density at radius 1 is 1.07 bits per heavy atom. The number of hydrazine groups is 1. The zero-order valence-corrected chi connectivity index (χ0v) is 16.4. The van der Waals surface area contributed by atoms with Crippen LogP contribution in [0.25, 0.3) is 0 Å². The Morgan fingerprint density at radius 3 is 2.28 bits per heavy atom. The van der Waals surface area contributed by atoms with E-state index in [1.165, 1.54) is 28.0 Å². The topological polar surface area (TPSA) is 113 Å². The molecule has 3 N–H and O–H groups in total. The lowest BCUT2D eigenvalue weighted by Crippen LogP contribution is -2.50. The van der Waals surface area contributed by atoms with Gasteiger partial charge in [0.25, 0.3) is 5.91 Å². The fourth-order valence-corrected chi connectivity index (χ4v) is 4.23. The number of para-hydroxylation sites is 1. The zero-order chi connectivity index (χ0) is 21.0. The van der Waals surface area contributed by atoms with Crippen LogP contribution in [0.15, 0.2) is 48.5 Å². The number of urea groups is 1. The summed E-state index contributed by atoms with van der Waals surface area (Å²) in [5.41, 5.74) is 3.14. The summed E-state index contributed by atoms with van der Waals surface area (Å²) in [5.74, 6) is 3.86. The minimum absolute atomic E-state index is 0.0491. The minimum atomic E-state index is -3.16. The first-order valence-corrected chi connectivity index (χ1v) is 10.7. The maximum atomic E-state index is 14.4. The molecule has 2 aromatic rings. The van der Waals surface area contributed by atoms with Crippen molar-refractivity contribution < 1.29 is 22.4 Å². The van der Waals surface area contributed by atoms with E-state index >= 15 is 0 Å². The molecule has 3 rings (SSSR count). The lowest BCUT2D eigenvalue weighted by atomic mass is 10.1. The van der Waals surface area contributed by atoms with Crippen LogP contribution < -0.4 is 16.2 Å². The van der Waals surface area contributed by atoms with Gasteiger partial charge in [0.15, 0.2) is 9.84 Å². The van der Waals surface area contributed by atoms with Crippen molar-refractivity contribution in [1.29, 1.82) is 0 Å². The van der Waals surface area contributed by atoms with Crippen LogP contribution in [-0.2, 0) is 16.4 Å². The number of sulfone groups is 1. The molecule has 1 saturated heterocycles. The van der Waals surface area contributed by atoms with Crippen LogP contribution in [0.2, 0.25) is 0 Å². The first-order valence-electron chi connectivity index (χ1n) is 8.92. The van der Waals surface area contributed by atoms with E-state index in [-0.39, 0.29) is 36.8 Å². The maximum absolute atomic E-state index is 14.4. The monoisotopic (exact) mass is 420 g/mol. The molecule has 0 aromatic heterocycles. The average Bonchev–Trinajstić information content (AvgIpc) is 2.72. The van der Waals surface area contributed by atoms with Gasteiger partial charge in [-0.05, 0) is 29.8 Å². The number of hydrogen-bond acceptors (Lipinski definition) is 5. The molecular weight excluding hydrogens is 399 g/mol. The highest BCUT2D eigenvalue weighted by Crippen LogP contribution is 2.23. The number of rotatable bonds is 4. The lowest BCUT2D eigenvalue weighted by molar-refractivity contribution is 0.0953. The molecule has 0 bridgehead atoms. The number of nitrogen functional groups attached to an aromatic ring is 1. The molecule has 29 heavy (non-hydrogen) atoms. The summed E-state index contributed by atoms with van der Waals surface area (Å²) in [4.78, 5) is 27.3. The zero-order valence-electron chi connectivity index (χ0n) is 15.5. The van der Waals surface area contributed by atoms with Crippen LogP contribution in [0, 0.1) is 5.82 Å². The molecule has 10 heteroatoms. The standard InChI is InChI=1S/C19H21FN4O4S/c20-16-3-1-2-4-17(16)24(19(26)23-9-11-29(27,28)12-10-23)13-14-5-7-15(8-6-14)18(25)22-21/h1-8H,9-13,21H2,(H,22,25). The van der Waals surface area contributed by atoms with Crippen molar-refractivity contribution in [2.75, 3.05) is 29.5 Å². The van der Waals surface area contributed by atoms with Gasteiger partial charge in [0, 0.05) is 18.7 Å². The van der Waals surface area contributed by atoms with Crippen LogP contribution in [-0.4, -0.2) is 49.9 Å². The number of nitrogens with one attached hydrogen (secondary N) is 1. The van der Waals surface area contributed by atoms with Gasteiger partial charge in [0.05, 0.1) is 23.7 Å².